The van der Waals surface area contributed by atoms with Gasteiger partial charge in [0.05, 0.1) is 6.54 Å². The van der Waals surface area contributed by atoms with Crippen LogP contribution < -0.4 is 9.47 Å². The summed E-state index contributed by atoms with van der Waals surface area (Å²) in [6, 6.07) is 14.1. The van der Waals surface area contributed by atoms with Crippen LogP contribution in [0.5, 0.6) is 11.5 Å². The maximum Gasteiger partial charge on any atom is 0.357 e. The summed E-state index contributed by atoms with van der Waals surface area (Å²) in [4.78, 5) is 20.7. The molecule has 1 aliphatic rings. The molecule has 8 heteroatoms. The van der Waals surface area contributed by atoms with Gasteiger partial charge in [0, 0.05) is 30.2 Å². The molecule has 2 aromatic heterocycles. The van der Waals surface area contributed by atoms with Crippen LogP contribution in [0, 0.1) is 0 Å². The van der Waals surface area contributed by atoms with Crippen molar-refractivity contribution in [1.29, 1.82) is 0 Å². The van der Waals surface area contributed by atoms with Gasteiger partial charge in [-0.15, -0.1) is 0 Å². The summed E-state index contributed by atoms with van der Waals surface area (Å²) < 4.78 is 16.3. The number of rotatable bonds is 8. The molecular formula is C23H21N3O5. The minimum Gasteiger partial charge on any atom is -0.476 e. The molecule has 0 bridgehead atoms. The van der Waals surface area contributed by atoms with Gasteiger partial charge in [0.15, 0.2) is 17.2 Å². The van der Waals surface area contributed by atoms with Crippen LogP contribution in [0.1, 0.15) is 27.5 Å². The van der Waals surface area contributed by atoms with E-state index in [1.54, 1.807) is 0 Å². The molecule has 0 unspecified atom stereocenters. The Bertz CT molecular complexity index is 1230. The summed E-state index contributed by atoms with van der Waals surface area (Å²) in [5, 5.41) is 10.3. The van der Waals surface area contributed by atoms with E-state index in [4.69, 9.17) is 19.0 Å². The second-order valence-corrected chi connectivity index (χ2v) is 7.44. The molecule has 8 nitrogen and oxygen atoms in total. The third-order valence-corrected chi connectivity index (χ3v) is 5.35. The highest BCUT2D eigenvalue weighted by Gasteiger charge is 2.18. The average molecular weight is 419 g/mol. The van der Waals surface area contributed by atoms with Crippen molar-refractivity contribution in [2.75, 3.05) is 13.3 Å². The Labute approximate surface area is 178 Å². The summed E-state index contributed by atoms with van der Waals surface area (Å²) in [7, 11) is 0. The van der Waals surface area contributed by atoms with E-state index < -0.39 is 5.97 Å². The first kappa shape index (κ1) is 19.2. The summed E-state index contributed by atoms with van der Waals surface area (Å²) >= 11 is 0. The van der Waals surface area contributed by atoms with Gasteiger partial charge in [0.1, 0.15) is 6.26 Å². The molecule has 2 N–H and O–H groups in total. The first-order chi connectivity index (χ1) is 15.2. The molecule has 31 heavy (non-hydrogen) atoms. The minimum absolute atomic E-state index is 0.0883. The number of para-hydroxylation sites is 1. The molecule has 5 rings (SSSR count). The lowest BCUT2D eigenvalue weighted by Crippen LogP contribution is -2.25. The van der Waals surface area contributed by atoms with Crippen LogP contribution in [-0.2, 0) is 19.5 Å². The number of ether oxygens (including phenoxy) is 2. The molecule has 2 aromatic carbocycles. The van der Waals surface area contributed by atoms with Crippen LogP contribution >= 0.6 is 0 Å². The van der Waals surface area contributed by atoms with E-state index in [9.17, 15) is 4.79 Å². The Hall–Kier alpha value is -3.78. The SMILES string of the molecule is O=C(O)c1coc(CN(CCc2c[nH]c3ccccc23)Cc2ccc3c(c2)OCO3)n1. The molecule has 0 saturated heterocycles. The zero-order valence-electron chi connectivity index (χ0n) is 16.7. The number of benzene rings is 2. The zero-order valence-corrected chi connectivity index (χ0v) is 16.7. The number of aromatic carboxylic acids is 1. The number of hydrogen-bond donors (Lipinski definition) is 2. The van der Waals surface area contributed by atoms with Crippen LogP contribution in [0.15, 0.2) is 59.3 Å². The molecule has 0 saturated carbocycles. The smallest absolute Gasteiger partial charge is 0.357 e. The molecule has 158 valence electrons. The van der Waals surface area contributed by atoms with Crippen molar-refractivity contribution in [3.05, 3.63) is 77.6 Å². The molecule has 0 spiro atoms. The van der Waals surface area contributed by atoms with Crippen molar-refractivity contribution >= 4 is 16.9 Å². The van der Waals surface area contributed by atoms with Crippen LogP contribution in [0.3, 0.4) is 0 Å². The largest absolute Gasteiger partial charge is 0.476 e. The fourth-order valence-electron chi connectivity index (χ4n) is 3.80. The molecular weight excluding hydrogens is 398 g/mol. The summed E-state index contributed by atoms with van der Waals surface area (Å²) in [5.41, 5.74) is 3.31. The number of carboxylic acids is 1. The van der Waals surface area contributed by atoms with Crippen molar-refractivity contribution < 1.29 is 23.8 Å². The van der Waals surface area contributed by atoms with E-state index >= 15 is 0 Å². The molecule has 4 aromatic rings. The van der Waals surface area contributed by atoms with Gasteiger partial charge in [0.25, 0.3) is 0 Å². The summed E-state index contributed by atoms with van der Waals surface area (Å²) in [6.45, 7) is 1.99. The number of H-pyrrole nitrogens is 1. The molecule has 0 radical (unpaired) electrons. The van der Waals surface area contributed by atoms with Crippen LogP contribution in [0.25, 0.3) is 10.9 Å². The summed E-state index contributed by atoms with van der Waals surface area (Å²) in [5.74, 6) is 0.749. The topological polar surface area (TPSA) is 101 Å². The second-order valence-electron chi connectivity index (χ2n) is 7.44. The zero-order chi connectivity index (χ0) is 21.2. The Morgan fingerprint density at radius 1 is 1.13 bits per heavy atom. The lowest BCUT2D eigenvalue weighted by molar-refractivity contribution is 0.0690. The number of fused-ring (bicyclic) bond motifs is 2. The van der Waals surface area contributed by atoms with Gasteiger partial charge in [-0.3, -0.25) is 4.90 Å². The number of hydrogen-bond acceptors (Lipinski definition) is 6. The number of nitrogens with zero attached hydrogens (tertiary/aromatic N) is 2. The fraction of sp³-hybridized carbons (Fsp3) is 0.217. The third-order valence-electron chi connectivity index (χ3n) is 5.35. The van der Waals surface area contributed by atoms with E-state index in [0.29, 0.717) is 19.0 Å². The average Bonchev–Trinajstić information content (AvgIpc) is 3.51. The highest BCUT2D eigenvalue weighted by atomic mass is 16.7. The maximum absolute atomic E-state index is 11.1. The Balaban J connectivity index is 1.35. The van der Waals surface area contributed by atoms with Gasteiger partial charge in [-0.25, -0.2) is 9.78 Å². The van der Waals surface area contributed by atoms with E-state index in [0.717, 1.165) is 35.5 Å². The van der Waals surface area contributed by atoms with E-state index in [-0.39, 0.29) is 12.5 Å². The lowest BCUT2D eigenvalue weighted by Gasteiger charge is -2.21. The van der Waals surface area contributed by atoms with Crippen molar-refractivity contribution in [3.63, 3.8) is 0 Å². The number of oxazole rings is 1. The first-order valence-electron chi connectivity index (χ1n) is 9.99. The van der Waals surface area contributed by atoms with Crippen LogP contribution in [0.4, 0.5) is 0 Å². The van der Waals surface area contributed by atoms with Crippen molar-refractivity contribution in [1.82, 2.24) is 14.9 Å². The van der Waals surface area contributed by atoms with Crippen LogP contribution in [-0.4, -0.2) is 39.3 Å². The summed E-state index contributed by atoms with van der Waals surface area (Å²) in [6.07, 6.45) is 4.04. The molecule has 1 aliphatic heterocycles. The van der Waals surface area contributed by atoms with Gasteiger partial charge < -0.3 is 24.0 Å². The van der Waals surface area contributed by atoms with Gasteiger partial charge in [-0.05, 0) is 35.7 Å². The first-order valence-corrected chi connectivity index (χ1v) is 9.99. The molecule has 0 fully saturated rings. The standard InChI is InChI=1S/C23H21N3O5/c27-23(28)19-13-29-22(25-19)12-26(11-15-5-6-20-21(9-15)31-14-30-20)8-7-16-10-24-18-4-2-1-3-17(16)18/h1-6,9-10,13,24H,7-8,11-12,14H2,(H,27,28). The van der Waals surface area contributed by atoms with Crippen molar-refractivity contribution in [3.8, 4) is 11.5 Å². The van der Waals surface area contributed by atoms with E-state index in [2.05, 4.69) is 27.0 Å². The Kier molecular flexibility index (Phi) is 5.05. The minimum atomic E-state index is -1.10. The predicted molar refractivity (Wildman–Crippen MR) is 112 cm³/mol. The maximum atomic E-state index is 11.1. The molecule has 0 atom stereocenters. The van der Waals surface area contributed by atoms with Crippen LogP contribution in [0.2, 0.25) is 0 Å². The number of carboxylic acid groups (broad SMARTS) is 1. The molecule has 3 heterocycles. The predicted octanol–water partition coefficient (Wildman–Crippen LogP) is 3.83. The number of aromatic amines is 1. The Morgan fingerprint density at radius 2 is 2.00 bits per heavy atom. The van der Waals surface area contributed by atoms with Gasteiger partial charge in [-0.1, -0.05) is 24.3 Å². The number of aromatic nitrogens is 2. The number of nitrogens with one attached hydrogen (secondary N) is 1. The Morgan fingerprint density at radius 3 is 2.87 bits per heavy atom. The van der Waals surface area contributed by atoms with E-state index in [1.807, 2.05) is 36.5 Å². The lowest BCUT2D eigenvalue weighted by atomic mass is 10.1. The van der Waals surface area contributed by atoms with Crippen molar-refractivity contribution in [2.45, 2.75) is 19.5 Å². The normalized spacial score (nSPS) is 12.7. The van der Waals surface area contributed by atoms with E-state index in [1.165, 1.54) is 17.2 Å². The molecule has 0 amide bonds. The van der Waals surface area contributed by atoms with Gasteiger partial charge in [-0.2, -0.15) is 0 Å². The van der Waals surface area contributed by atoms with Gasteiger partial charge in [0.2, 0.25) is 12.7 Å². The quantitative estimate of drug-likeness (QED) is 0.448. The highest BCUT2D eigenvalue weighted by molar-refractivity contribution is 5.84. The number of carbonyl (C=O) groups is 1. The van der Waals surface area contributed by atoms with Gasteiger partial charge >= 0.3 is 5.97 Å². The third kappa shape index (κ3) is 4.10. The molecule has 0 aliphatic carbocycles. The fourth-order valence-corrected chi connectivity index (χ4v) is 3.80. The second kappa shape index (κ2) is 8.16. The highest BCUT2D eigenvalue weighted by Crippen LogP contribution is 2.33. The van der Waals surface area contributed by atoms with Crippen molar-refractivity contribution in [2.24, 2.45) is 0 Å². The monoisotopic (exact) mass is 419 g/mol.